The molecule has 0 bridgehead atoms. The van der Waals surface area contributed by atoms with E-state index in [1.807, 2.05) is 26.0 Å². The minimum absolute atomic E-state index is 0.0633. The first-order valence-electron chi connectivity index (χ1n) is 10.7. The molecule has 1 heterocycles. The van der Waals surface area contributed by atoms with Crippen molar-refractivity contribution in [1.82, 2.24) is 15.6 Å². The van der Waals surface area contributed by atoms with E-state index in [-0.39, 0.29) is 36.7 Å². The van der Waals surface area contributed by atoms with Gasteiger partial charge in [-0.2, -0.15) is 0 Å². The highest BCUT2D eigenvalue weighted by molar-refractivity contribution is 5.81. The van der Waals surface area contributed by atoms with Crippen LogP contribution in [0.2, 0.25) is 0 Å². The monoisotopic (exact) mass is 437 g/mol. The predicted octanol–water partition coefficient (Wildman–Crippen LogP) is 1.13. The summed E-state index contributed by atoms with van der Waals surface area (Å²) in [7, 11) is 0. The fourth-order valence-corrected chi connectivity index (χ4v) is 3.63. The van der Waals surface area contributed by atoms with Crippen molar-refractivity contribution in [1.29, 1.82) is 0 Å². The van der Waals surface area contributed by atoms with Crippen molar-refractivity contribution in [2.75, 3.05) is 19.8 Å². The number of carbonyl (C=O) groups is 3. The number of nitrogens with zero attached hydrogens (tertiary/aromatic N) is 1. The molecule has 3 atom stereocenters. The summed E-state index contributed by atoms with van der Waals surface area (Å²) >= 11 is 0. The van der Waals surface area contributed by atoms with Gasteiger partial charge in [0.15, 0.2) is 0 Å². The Morgan fingerprint density at radius 2 is 1.87 bits per heavy atom. The minimum atomic E-state index is -0.700. The lowest BCUT2D eigenvalue weighted by Crippen LogP contribution is -2.40. The number of hydrogen-bond acceptors (Lipinski definition) is 6. The lowest BCUT2D eigenvalue weighted by molar-refractivity contribution is -0.125. The first-order chi connectivity index (χ1) is 14.8. The number of aromatic nitrogens is 1. The molecule has 0 saturated heterocycles. The number of carboxylic acid groups (broad SMARTS) is 1. The Morgan fingerprint density at radius 3 is 2.48 bits per heavy atom. The third-order valence-electron chi connectivity index (χ3n) is 4.87. The molecule has 0 spiro atoms. The summed E-state index contributed by atoms with van der Waals surface area (Å²) in [6.07, 6.45) is 2.12. The van der Waals surface area contributed by atoms with Crippen LogP contribution in [0.5, 0.6) is 0 Å². The van der Waals surface area contributed by atoms with Crippen molar-refractivity contribution in [2.45, 2.75) is 65.0 Å². The van der Waals surface area contributed by atoms with Gasteiger partial charge in [0, 0.05) is 37.1 Å². The number of aliphatic hydroxyl groups is 1. The Bertz CT molecular complexity index is 692. The highest BCUT2D eigenvalue weighted by Gasteiger charge is 2.37. The zero-order valence-electron chi connectivity index (χ0n) is 18.6. The molecule has 174 valence electrons. The molecular weight excluding hydrogens is 402 g/mol. The lowest BCUT2D eigenvalue weighted by atomic mass is 10.1. The van der Waals surface area contributed by atoms with E-state index in [0.717, 1.165) is 36.4 Å². The molecule has 1 fully saturated rings. The first-order valence-corrected chi connectivity index (χ1v) is 10.7. The Morgan fingerprint density at radius 1 is 1.23 bits per heavy atom. The first kappa shape index (κ1) is 26.5. The van der Waals surface area contributed by atoms with Gasteiger partial charge in [-0.15, -0.1) is 0 Å². The highest BCUT2D eigenvalue weighted by Crippen LogP contribution is 2.26. The van der Waals surface area contributed by atoms with Crippen LogP contribution in [0.3, 0.4) is 0 Å². The van der Waals surface area contributed by atoms with Gasteiger partial charge in [-0.3, -0.25) is 19.4 Å². The number of rotatable bonds is 10. The fraction of sp³-hybridized carbons (Fsp3) is 0.636. The summed E-state index contributed by atoms with van der Waals surface area (Å²) < 4.78 is 5.39. The molecule has 1 aliphatic rings. The van der Waals surface area contributed by atoms with Gasteiger partial charge in [0.1, 0.15) is 0 Å². The van der Waals surface area contributed by atoms with Crippen LogP contribution in [0.4, 0.5) is 0 Å². The average Bonchev–Trinajstić information content (AvgIpc) is 3.04. The van der Waals surface area contributed by atoms with E-state index in [1.54, 1.807) is 0 Å². The second-order valence-corrected chi connectivity index (χ2v) is 7.71. The summed E-state index contributed by atoms with van der Waals surface area (Å²) in [4.78, 5) is 37.3. The molecule has 0 unspecified atom stereocenters. The van der Waals surface area contributed by atoms with Gasteiger partial charge >= 0.3 is 0 Å². The molecule has 0 aromatic carbocycles. The van der Waals surface area contributed by atoms with Crippen LogP contribution in [0.15, 0.2) is 12.1 Å². The maximum absolute atomic E-state index is 12.4. The Kier molecular flexibility index (Phi) is 12.4. The Labute approximate surface area is 183 Å². The Hall–Kier alpha value is -2.52. The number of aryl methyl sites for hydroxylation is 2. The van der Waals surface area contributed by atoms with Crippen molar-refractivity contribution < 1.29 is 29.3 Å². The van der Waals surface area contributed by atoms with E-state index in [2.05, 4.69) is 22.5 Å². The van der Waals surface area contributed by atoms with E-state index in [0.29, 0.717) is 26.0 Å². The van der Waals surface area contributed by atoms with Crippen molar-refractivity contribution in [2.24, 2.45) is 5.92 Å². The Balaban J connectivity index is 0.00000151. The van der Waals surface area contributed by atoms with Crippen molar-refractivity contribution in [3.63, 3.8) is 0 Å². The fourth-order valence-electron chi connectivity index (χ4n) is 3.63. The molecule has 9 heteroatoms. The van der Waals surface area contributed by atoms with Gasteiger partial charge in [0.25, 0.3) is 6.47 Å². The summed E-state index contributed by atoms with van der Waals surface area (Å²) in [6, 6.07) is 3.39. The average molecular weight is 438 g/mol. The zero-order chi connectivity index (χ0) is 23.2. The van der Waals surface area contributed by atoms with Gasteiger partial charge in [-0.1, -0.05) is 6.92 Å². The van der Waals surface area contributed by atoms with Gasteiger partial charge in [-0.05, 0) is 57.2 Å². The van der Waals surface area contributed by atoms with E-state index in [1.165, 1.54) is 0 Å². The molecule has 0 radical (unpaired) electrons. The number of pyridine rings is 1. The molecular formula is C22H35N3O6. The van der Waals surface area contributed by atoms with E-state index in [9.17, 15) is 14.7 Å². The molecule has 1 aromatic heterocycles. The number of carbonyl (C=O) groups excluding carboxylic acids is 2. The second-order valence-electron chi connectivity index (χ2n) is 7.71. The van der Waals surface area contributed by atoms with Crippen LogP contribution < -0.4 is 10.6 Å². The normalized spacial score (nSPS) is 19.8. The smallest absolute Gasteiger partial charge is 0.290 e. The van der Waals surface area contributed by atoms with Crippen LogP contribution >= 0.6 is 0 Å². The highest BCUT2D eigenvalue weighted by atomic mass is 16.5. The van der Waals surface area contributed by atoms with Crippen molar-refractivity contribution >= 4 is 18.3 Å². The standard InChI is InChI=1S/C21H33N3O4.CH2O2/c1-4-7-28-8-5-6-22-21(27)17-12-18(19(25)13-17)24-20(26)11-16-9-14(2)23-15(3)10-16;2-1-3/h9-10,17-19,25H,4-8,11-13H2,1-3H3,(H,22,27)(H,24,26);1H,(H,2,3)/t17-,18-,19-;/m0./s1. The quantitative estimate of drug-likeness (QED) is 0.318. The van der Waals surface area contributed by atoms with E-state index in [4.69, 9.17) is 14.6 Å². The van der Waals surface area contributed by atoms with Gasteiger partial charge in [0.2, 0.25) is 11.8 Å². The third kappa shape index (κ3) is 10.4. The summed E-state index contributed by atoms with van der Waals surface area (Å²) in [5, 5.41) is 22.9. The third-order valence-corrected chi connectivity index (χ3v) is 4.87. The van der Waals surface area contributed by atoms with E-state index < -0.39 is 6.10 Å². The predicted molar refractivity (Wildman–Crippen MR) is 116 cm³/mol. The molecule has 0 aliphatic heterocycles. The largest absolute Gasteiger partial charge is 0.483 e. The number of amides is 2. The molecule has 1 aliphatic carbocycles. The van der Waals surface area contributed by atoms with Crippen molar-refractivity contribution in [3.05, 3.63) is 29.1 Å². The van der Waals surface area contributed by atoms with Crippen LogP contribution in [0.25, 0.3) is 0 Å². The number of hydrogen-bond donors (Lipinski definition) is 4. The van der Waals surface area contributed by atoms with Gasteiger partial charge < -0.3 is 25.6 Å². The molecule has 1 saturated carbocycles. The maximum Gasteiger partial charge on any atom is 0.290 e. The summed E-state index contributed by atoms with van der Waals surface area (Å²) in [5.41, 5.74) is 2.65. The number of nitrogens with one attached hydrogen (secondary N) is 2. The number of ether oxygens (including phenoxy) is 1. The summed E-state index contributed by atoms with van der Waals surface area (Å²) in [5.74, 6) is -0.489. The molecule has 1 aromatic rings. The van der Waals surface area contributed by atoms with Crippen LogP contribution in [-0.2, 0) is 25.5 Å². The topological polar surface area (TPSA) is 138 Å². The minimum Gasteiger partial charge on any atom is -0.483 e. The maximum atomic E-state index is 12.4. The van der Waals surface area contributed by atoms with Crippen LogP contribution in [0.1, 0.15) is 49.6 Å². The van der Waals surface area contributed by atoms with E-state index >= 15 is 0 Å². The molecule has 2 rings (SSSR count). The van der Waals surface area contributed by atoms with Gasteiger partial charge in [0.05, 0.1) is 18.6 Å². The summed E-state index contributed by atoms with van der Waals surface area (Å²) in [6.45, 7) is 7.54. The molecule has 9 nitrogen and oxygen atoms in total. The second kappa shape index (κ2) is 14.5. The SMILES string of the molecule is CCCOCCCNC(=O)[C@H]1C[C@H](NC(=O)Cc2cc(C)nc(C)c2)[C@@H](O)C1.O=CO. The van der Waals surface area contributed by atoms with Gasteiger partial charge in [-0.25, -0.2) is 0 Å². The zero-order valence-corrected chi connectivity index (χ0v) is 18.6. The van der Waals surface area contributed by atoms with Crippen LogP contribution in [0, 0.1) is 19.8 Å². The molecule has 4 N–H and O–H groups in total. The van der Waals surface area contributed by atoms with Crippen molar-refractivity contribution in [3.8, 4) is 0 Å². The lowest BCUT2D eigenvalue weighted by Gasteiger charge is -2.16. The number of aliphatic hydroxyl groups excluding tert-OH is 1. The van der Waals surface area contributed by atoms with Crippen LogP contribution in [-0.4, -0.2) is 65.4 Å². The molecule has 2 amide bonds. The molecule has 31 heavy (non-hydrogen) atoms.